The zero-order chi connectivity index (χ0) is 14.3. The smallest absolute Gasteiger partial charge is 0.320 e. The van der Waals surface area contributed by atoms with E-state index in [1.807, 2.05) is 13.8 Å². The van der Waals surface area contributed by atoms with Gasteiger partial charge in [-0.15, -0.1) is 0 Å². The number of alkyl halides is 2. The Morgan fingerprint density at radius 1 is 1.22 bits per heavy atom. The molecule has 0 aromatic carbocycles. The van der Waals surface area contributed by atoms with Crippen LogP contribution in [0.1, 0.15) is 46.0 Å². The van der Waals surface area contributed by atoms with Crippen LogP contribution in [-0.2, 0) is 9.59 Å². The Balaban J connectivity index is 4.43. The summed E-state index contributed by atoms with van der Waals surface area (Å²) in [4.78, 5) is 21.4. The van der Waals surface area contributed by atoms with Gasteiger partial charge in [-0.3, -0.25) is 9.59 Å². The number of hydrogen-bond acceptors (Lipinski definition) is 2. The minimum absolute atomic E-state index is 0.00787. The standard InChI is InChI=1S/C12H20Br2O4/c1-3-8(12(14,4-2)11(17)18)6-5-7-9(13)10(15)16/h8-9H,3-7H2,1-2H3,(H,15,16)(H,17,18). The van der Waals surface area contributed by atoms with Crippen LogP contribution in [0.5, 0.6) is 0 Å². The molecule has 0 fully saturated rings. The summed E-state index contributed by atoms with van der Waals surface area (Å²) in [7, 11) is 0. The molecule has 0 spiro atoms. The van der Waals surface area contributed by atoms with Gasteiger partial charge in [0.05, 0.1) is 0 Å². The van der Waals surface area contributed by atoms with Crippen LogP contribution in [-0.4, -0.2) is 31.3 Å². The highest BCUT2D eigenvalue weighted by molar-refractivity contribution is 9.10. The summed E-state index contributed by atoms with van der Waals surface area (Å²) in [5, 5.41) is 18.0. The van der Waals surface area contributed by atoms with Crippen LogP contribution in [0, 0.1) is 5.92 Å². The van der Waals surface area contributed by atoms with Gasteiger partial charge in [-0.2, -0.15) is 0 Å². The zero-order valence-electron chi connectivity index (χ0n) is 10.7. The van der Waals surface area contributed by atoms with Gasteiger partial charge in [0.1, 0.15) is 9.15 Å². The molecule has 0 heterocycles. The molecule has 0 saturated heterocycles. The zero-order valence-corrected chi connectivity index (χ0v) is 13.8. The highest BCUT2D eigenvalue weighted by Gasteiger charge is 2.40. The summed E-state index contributed by atoms with van der Waals surface area (Å²) in [6, 6.07) is 0. The molecule has 0 saturated carbocycles. The van der Waals surface area contributed by atoms with Gasteiger partial charge < -0.3 is 10.2 Å². The third-order valence-electron chi connectivity index (χ3n) is 3.29. The van der Waals surface area contributed by atoms with Gasteiger partial charge in [0.2, 0.25) is 0 Å². The monoisotopic (exact) mass is 386 g/mol. The molecule has 3 atom stereocenters. The average molecular weight is 388 g/mol. The van der Waals surface area contributed by atoms with Gasteiger partial charge in [0.15, 0.2) is 0 Å². The van der Waals surface area contributed by atoms with E-state index in [4.69, 9.17) is 5.11 Å². The average Bonchev–Trinajstić information content (AvgIpc) is 2.32. The first-order valence-electron chi connectivity index (χ1n) is 6.08. The summed E-state index contributed by atoms with van der Waals surface area (Å²) in [6.45, 7) is 3.80. The fourth-order valence-electron chi connectivity index (χ4n) is 2.04. The van der Waals surface area contributed by atoms with Gasteiger partial charge in [-0.1, -0.05) is 58.5 Å². The molecule has 106 valence electrons. The highest BCUT2D eigenvalue weighted by atomic mass is 79.9. The van der Waals surface area contributed by atoms with E-state index in [1.54, 1.807) is 0 Å². The van der Waals surface area contributed by atoms with E-state index in [-0.39, 0.29) is 5.92 Å². The number of carboxylic acid groups (broad SMARTS) is 2. The quantitative estimate of drug-likeness (QED) is 0.592. The van der Waals surface area contributed by atoms with E-state index in [1.165, 1.54) is 0 Å². The van der Waals surface area contributed by atoms with Gasteiger partial charge in [0.25, 0.3) is 0 Å². The van der Waals surface area contributed by atoms with Crippen molar-refractivity contribution in [1.29, 1.82) is 0 Å². The summed E-state index contributed by atoms with van der Waals surface area (Å²) >= 11 is 6.43. The SMILES string of the molecule is CCC(CCCC(Br)C(=O)O)C(Br)(CC)C(=O)O. The van der Waals surface area contributed by atoms with E-state index in [0.717, 1.165) is 6.42 Å². The summed E-state index contributed by atoms with van der Waals surface area (Å²) in [5.74, 6) is -1.71. The third-order valence-corrected chi connectivity index (χ3v) is 5.68. The number of hydrogen-bond donors (Lipinski definition) is 2. The lowest BCUT2D eigenvalue weighted by Crippen LogP contribution is -2.39. The molecule has 0 radical (unpaired) electrons. The van der Waals surface area contributed by atoms with Crippen molar-refractivity contribution in [2.45, 2.75) is 55.1 Å². The number of carbonyl (C=O) groups is 2. The second kappa shape index (κ2) is 8.15. The third kappa shape index (κ3) is 4.88. The molecule has 0 bridgehead atoms. The van der Waals surface area contributed by atoms with Crippen LogP contribution in [0.25, 0.3) is 0 Å². The molecular formula is C12H20Br2O4. The molecule has 3 unspecified atom stereocenters. The van der Waals surface area contributed by atoms with E-state index in [9.17, 15) is 14.7 Å². The molecule has 6 heteroatoms. The van der Waals surface area contributed by atoms with E-state index in [0.29, 0.717) is 25.7 Å². The molecule has 0 aliphatic heterocycles. The predicted octanol–water partition coefficient (Wildman–Crippen LogP) is 3.66. The molecule has 0 rings (SSSR count). The Labute approximate surface area is 124 Å². The molecule has 0 aliphatic carbocycles. The van der Waals surface area contributed by atoms with Gasteiger partial charge in [0, 0.05) is 0 Å². The Bertz CT molecular complexity index is 296. The van der Waals surface area contributed by atoms with Crippen molar-refractivity contribution in [3.05, 3.63) is 0 Å². The first-order chi connectivity index (χ1) is 8.29. The first kappa shape index (κ1) is 17.9. The Kier molecular flexibility index (Phi) is 8.10. The van der Waals surface area contributed by atoms with Crippen molar-refractivity contribution in [1.82, 2.24) is 0 Å². The molecular weight excluding hydrogens is 368 g/mol. The van der Waals surface area contributed by atoms with Crippen molar-refractivity contribution < 1.29 is 19.8 Å². The van der Waals surface area contributed by atoms with E-state index >= 15 is 0 Å². The van der Waals surface area contributed by atoms with Crippen molar-refractivity contribution >= 4 is 43.8 Å². The number of rotatable bonds is 9. The summed E-state index contributed by atoms with van der Waals surface area (Å²) < 4.78 is -0.896. The van der Waals surface area contributed by atoms with Gasteiger partial charge in [-0.05, 0) is 25.2 Å². The maximum atomic E-state index is 11.3. The van der Waals surface area contributed by atoms with Crippen molar-refractivity contribution in [3.63, 3.8) is 0 Å². The van der Waals surface area contributed by atoms with Gasteiger partial charge >= 0.3 is 11.9 Å². The van der Waals surface area contributed by atoms with Crippen LogP contribution in [0.2, 0.25) is 0 Å². The van der Waals surface area contributed by atoms with Gasteiger partial charge in [-0.25, -0.2) is 0 Å². The minimum atomic E-state index is -0.896. The second-order valence-corrected chi connectivity index (χ2v) is 6.88. The van der Waals surface area contributed by atoms with Crippen LogP contribution >= 0.6 is 31.9 Å². The van der Waals surface area contributed by atoms with Crippen LogP contribution in [0.3, 0.4) is 0 Å². The molecule has 4 nitrogen and oxygen atoms in total. The van der Waals surface area contributed by atoms with Crippen molar-refractivity contribution in [2.24, 2.45) is 5.92 Å². The van der Waals surface area contributed by atoms with Crippen LogP contribution < -0.4 is 0 Å². The fraction of sp³-hybridized carbons (Fsp3) is 0.833. The molecule has 2 N–H and O–H groups in total. The maximum absolute atomic E-state index is 11.3. The lowest BCUT2D eigenvalue weighted by atomic mass is 9.84. The lowest BCUT2D eigenvalue weighted by Gasteiger charge is -2.30. The summed E-state index contributed by atoms with van der Waals surface area (Å²) in [5.41, 5.74) is 0. The molecule has 0 aromatic rings. The first-order valence-corrected chi connectivity index (χ1v) is 7.79. The minimum Gasteiger partial charge on any atom is -0.480 e. The van der Waals surface area contributed by atoms with E-state index < -0.39 is 21.1 Å². The van der Waals surface area contributed by atoms with Crippen molar-refractivity contribution in [3.8, 4) is 0 Å². The molecule has 0 amide bonds. The largest absolute Gasteiger partial charge is 0.480 e. The normalized spacial score (nSPS) is 17.8. The van der Waals surface area contributed by atoms with E-state index in [2.05, 4.69) is 31.9 Å². The lowest BCUT2D eigenvalue weighted by molar-refractivity contribution is -0.141. The fourth-order valence-corrected chi connectivity index (χ4v) is 2.91. The van der Waals surface area contributed by atoms with Crippen LogP contribution in [0.4, 0.5) is 0 Å². The predicted molar refractivity (Wildman–Crippen MR) is 77.6 cm³/mol. The molecule has 0 aromatic heterocycles. The number of aliphatic carboxylic acids is 2. The van der Waals surface area contributed by atoms with Crippen molar-refractivity contribution in [2.75, 3.05) is 0 Å². The topological polar surface area (TPSA) is 74.6 Å². The Hall–Kier alpha value is -0.100. The molecule has 18 heavy (non-hydrogen) atoms. The summed E-state index contributed by atoms with van der Waals surface area (Å²) in [6.07, 6.45) is 3.18. The molecule has 0 aliphatic rings. The number of carboxylic acids is 2. The second-order valence-electron chi connectivity index (χ2n) is 4.36. The highest BCUT2D eigenvalue weighted by Crippen LogP contribution is 2.37. The Morgan fingerprint density at radius 3 is 2.11 bits per heavy atom. The Morgan fingerprint density at radius 2 is 1.78 bits per heavy atom. The maximum Gasteiger partial charge on any atom is 0.320 e. The van der Waals surface area contributed by atoms with Crippen LogP contribution in [0.15, 0.2) is 0 Å². The number of halogens is 2.